The van der Waals surface area contributed by atoms with Crippen LogP contribution in [0.5, 0.6) is 11.5 Å². The Morgan fingerprint density at radius 2 is 1.70 bits per heavy atom. The minimum absolute atomic E-state index is 0.0212. The van der Waals surface area contributed by atoms with Crippen LogP contribution in [-0.4, -0.2) is 18.3 Å². The number of amidine groups is 1. The van der Waals surface area contributed by atoms with Crippen LogP contribution in [0.15, 0.2) is 60.7 Å². The van der Waals surface area contributed by atoms with Crippen LogP contribution in [0.2, 0.25) is 0 Å². The van der Waals surface area contributed by atoms with Crippen molar-refractivity contribution < 1.29 is 27.4 Å². The van der Waals surface area contributed by atoms with E-state index >= 15 is 4.39 Å². The van der Waals surface area contributed by atoms with Crippen molar-refractivity contribution in [1.82, 2.24) is 5.32 Å². The lowest BCUT2D eigenvalue weighted by Crippen LogP contribution is -2.31. The molecule has 0 unspecified atom stereocenters. The maximum atomic E-state index is 15.2. The first-order chi connectivity index (χ1) is 15.8. The Hall–Kier alpha value is -3.85. The fraction of sp³-hybridized carbons (Fsp3) is 0.167. The van der Waals surface area contributed by atoms with Gasteiger partial charge in [-0.25, -0.2) is 13.2 Å². The van der Waals surface area contributed by atoms with Gasteiger partial charge in [-0.15, -0.1) is 0 Å². The molecule has 0 spiro atoms. The second-order valence-electron chi connectivity index (χ2n) is 6.99. The van der Waals surface area contributed by atoms with Gasteiger partial charge in [-0.1, -0.05) is 24.3 Å². The molecule has 33 heavy (non-hydrogen) atoms. The first-order valence-electron chi connectivity index (χ1n) is 10.0. The number of rotatable bonds is 9. The molecule has 6 nitrogen and oxygen atoms in total. The van der Waals surface area contributed by atoms with E-state index < -0.39 is 35.0 Å². The molecule has 0 fully saturated rings. The molecule has 0 saturated carbocycles. The number of hydrogen-bond donors (Lipinski definition) is 3. The van der Waals surface area contributed by atoms with Gasteiger partial charge in [-0.05, 0) is 48.9 Å². The molecule has 0 heterocycles. The van der Waals surface area contributed by atoms with Crippen molar-refractivity contribution in [3.63, 3.8) is 0 Å². The highest BCUT2D eigenvalue weighted by molar-refractivity contribution is 5.94. The first-order valence-corrected chi connectivity index (χ1v) is 10.0. The minimum Gasteiger partial charge on any atom is -0.454 e. The van der Waals surface area contributed by atoms with Crippen molar-refractivity contribution in [2.24, 2.45) is 5.73 Å². The predicted octanol–water partition coefficient (Wildman–Crippen LogP) is 4.57. The van der Waals surface area contributed by atoms with Crippen molar-refractivity contribution in [2.45, 2.75) is 19.6 Å². The SMILES string of the molecule is CCO[C@@H](C(=O)NCc1ccc(C(=N)N)cc1)c1c(F)ccc(Oc2ccc(F)cc2)c1F. The Bertz CT molecular complexity index is 1140. The monoisotopic (exact) mass is 457 g/mol. The van der Waals surface area contributed by atoms with Crippen molar-refractivity contribution in [1.29, 1.82) is 5.41 Å². The zero-order valence-electron chi connectivity index (χ0n) is 17.7. The standard InChI is InChI=1S/C24H22F3N3O3/c1-2-32-22(24(31)30-13-14-3-5-15(6-4-14)23(28)29)20-18(26)11-12-19(21(20)27)33-17-9-7-16(25)8-10-17/h3-12,22H,2,13H2,1H3,(H3,28,29)(H,30,31)/t22-/m1/s1. The Labute approximate surface area is 188 Å². The van der Waals surface area contributed by atoms with Crippen LogP contribution in [0.1, 0.15) is 29.7 Å². The fourth-order valence-electron chi connectivity index (χ4n) is 3.04. The van der Waals surface area contributed by atoms with Gasteiger partial charge in [0.1, 0.15) is 23.2 Å². The van der Waals surface area contributed by atoms with E-state index in [1.54, 1.807) is 31.2 Å². The second-order valence-corrected chi connectivity index (χ2v) is 6.99. The van der Waals surface area contributed by atoms with Gasteiger partial charge < -0.3 is 20.5 Å². The van der Waals surface area contributed by atoms with Gasteiger partial charge in [-0.2, -0.15) is 0 Å². The average Bonchev–Trinajstić information content (AvgIpc) is 2.80. The van der Waals surface area contributed by atoms with E-state index in [0.29, 0.717) is 11.1 Å². The highest BCUT2D eigenvalue weighted by Gasteiger charge is 2.30. The zero-order valence-corrected chi connectivity index (χ0v) is 17.7. The molecular formula is C24H22F3N3O3. The quantitative estimate of drug-likeness (QED) is 0.324. The highest BCUT2D eigenvalue weighted by atomic mass is 19.1. The number of nitrogen functional groups attached to an aromatic ring is 1. The van der Waals surface area contributed by atoms with Crippen LogP contribution in [0, 0.1) is 22.9 Å². The normalized spacial score (nSPS) is 11.6. The summed E-state index contributed by atoms with van der Waals surface area (Å²) in [6.45, 7) is 1.68. The summed E-state index contributed by atoms with van der Waals surface area (Å²) in [4.78, 5) is 12.8. The molecule has 1 amide bonds. The highest BCUT2D eigenvalue weighted by Crippen LogP contribution is 2.33. The molecule has 0 bridgehead atoms. The number of benzene rings is 3. The van der Waals surface area contributed by atoms with E-state index in [0.717, 1.165) is 24.3 Å². The number of nitrogens with two attached hydrogens (primary N) is 1. The molecule has 0 aliphatic heterocycles. The van der Waals surface area contributed by atoms with E-state index in [9.17, 15) is 13.6 Å². The first kappa shape index (κ1) is 23.8. The molecule has 3 rings (SSSR count). The molecule has 3 aromatic rings. The van der Waals surface area contributed by atoms with E-state index in [2.05, 4.69) is 5.32 Å². The second kappa shape index (κ2) is 10.6. The molecule has 1 atom stereocenters. The number of hydrogen-bond acceptors (Lipinski definition) is 4. The molecule has 9 heteroatoms. The number of amides is 1. The van der Waals surface area contributed by atoms with Crippen LogP contribution < -0.4 is 15.8 Å². The van der Waals surface area contributed by atoms with Gasteiger partial charge in [0.05, 0.1) is 5.56 Å². The Morgan fingerprint density at radius 3 is 2.30 bits per heavy atom. The van der Waals surface area contributed by atoms with Crippen molar-refractivity contribution in [3.05, 3.63) is 94.8 Å². The molecule has 0 aromatic heterocycles. The molecule has 0 aliphatic rings. The number of ether oxygens (including phenoxy) is 2. The third-order valence-electron chi connectivity index (χ3n) is 4.70. The van der Waals surface area contributed by atoms with E-state index in [-0.39, 0.29) is 30.5 Å². The van der Waals surface area contributed by atoms with Crippen LogP contribution >= 0.6 is 0 Å². The van der Waals surface area contributed by atoms with Crippen LogP contribution in [-0.2, 0) is 16.1 Å². The lowest BCUT2D eigenvalue weighted by atomic mass is 10.1. The summed E-state index contributed by atoms with van der Waals surface area (Å²) >= 11 is 0. The summed E-state index contributed by atoms with van der Waals surface area (Å²) in [5.41, 5.74) is 6.04. The van der Waals surface area contributed by atoms with Crippen molar-refractivity contribution in [3.8, 4) is 11.5 Å². The molecule has 0 radical (unpaired) electrons. The summed E-state index contributed by atoms with van der Waals surface area (Å²) in [6.07, 6.45) is -1.57. The van der Waals surface area contributed by atoms with Crippen LogP contribution in [0.3, 0.4) is 0 Å². The molecule has 0 saturated heterocycles. The largest absolute Gasteiger partial charge is 0.454 e. The van der Waals surface area contributed by atoms with Gasteiger partial charge in [0.2, 0.25) is 0 Å². The Morgan fingerprint density at radius 1 is 1.03 bits per heavy atom. The molecule has 172 valence electrons. The Kier molecular flexibility index (Phi) is 7.68. The van der Waals surface area contributed by atoms with Gasteiger partial charge >= 0.3 is 0 Å². The summed E-state index contributed by atoms with van der Waals surface area (Å²) in [6, 6.07) is 13.5. The number of nitrogens with one attached hydrogen (secondary N) is 2. The summed E-state index contributed by atoms with van der Waals surface area (Å²) in [5.74, 6) is -3.60. The summed E-state index contributed by atoms with van der Waals surface area (Å²) in [5, 5.41) is 10.0. The average molecular weight is 457 g/mol. The van der Waals surface area contributed by atoms with Crippen molar-refractivity contribution in [2.75, 3.05) is 6.61 Å². The summed E-state index contributed by atoms with van der Waals surface area (Å²) < 4.78 is 53.7. The van der Waals surface area contributed by atoms with Gasteiger partial charge in [0.15, 0.2) is 17.7 Å². The van der Waals surface area contributed by atoms with Gasteiger partial charge in [0, 0.05) is 18.7 Å². The third kappa shape index (κ3) is 5.89. The maximum absolute atomic E-state index is 15.2. The molecule has 0 aliphatic carbocycles. The number of carbonyl (C=O) groups excluding carboxylic acids is 1. The zero-order chi connectivity index (χ0) is 24.0. The maximum Gasteiger partial charge on any atom is 0.254 e. The minimum atomic E-state index is -1.57. The molecule has 3 aromatic carbocycles. The van der Waals surface area contributed by atoms with Crippen LogP contribution in [0.25, 0.3) is 0 Å². The predicted molar refractivity (Wildman–Crippen MR) is 117 cm³/mol. The topological polar surface area (TPSA) is 97.4 Å². The van der Waals surface area contributed by atoms with Gasteiger partial charge in [-0.3, -0.25) is 10.2 Å². The summed E-state index contributed by atoms with van der Waals surface area (Å²) in [7, 11) is 0. The number of carbonyl (C=O) groups is 1. The Balaban J connectivity index is 1.81. The van der Waals surface area contributed by atoms with Gasteiger partial charge in [0.25, 0.3) is 5.91 Å². The van der Waals surface area contributed by atoms with Crippen LogP contribution in [0.4, 0.5) is 13.2 Å². The number of halogens is 3. The van der Waals surface area contributed by atoms with E-state index in [4.69, 9.17) is 20.6 Å². The lowest BCUT2D eigenvalue weighted by molar-refractivity contribution is -0.133. The lowest BCUT2D eigenvalue weighted by Gasteiger charge is -2.20. The van der Waals surface area contributed by atoms with E-state index in [1.165, 1.54) is 12.1 Å². The molecule has 4 N–H and O–H groups in total. The van der Waals surface area contributed by atoms with Crippen molar-refractivity contribution >= 4 is 11.7 Å². The molecular weight excluding hydrogens is 435 g/mol. The third-order valence-corrected chi connectivity index (χ3v) is 4.70. The van der Waals surface area contributed by atoms with E-state index in [1.807, 2.05) is 0 Å². The smallest absolute Gasteiger partial charge is 0.254 e. The fourth-order valence-corrected chi connectivity index (χ4v) is 3.04.